The van der Waals surface area contributed by atoms with Crippen LogP contribution in [0.15, 0.2) is 16.6 Å². The van der Waals surface area contributed by atoms with Crippen molar-refractivity contribution in [2.75, 3.05) is 25.1 Å². The number of ether oxygens (including phenoxy) is 1. The molecular weight excluding hydrogens is 339 g/mol. The molecule has 0 aliphatic carbocycles. The van der Waals surface area contributed by atoms with E-state index in [9.17, 15) is 18.0 Å². The number of hydrogen-bond donors (Lipinski definition) is 0. The van der Waals surface area contributed by atoms with Crippen molar-refractivity contribution in [3.63, 3.8) is 0 Å². The smallest absolute Gasteiger partial charge is 0.339 e. The summed E-state index contributed by atoms with van der Waals surface area (Å²) < 4.78 is 45.2. The van der Waals surface area contributed by atoms with Crippen LogP contribution in [0, 0.1) is 5.82 Å². The molecule has 2 rings (SSSR count). The van der Waals surface area contributed by atoms with Gasteiger partial charge in [-0.15, -0.1) is 0 Å². The number of carbonyl (C=O) groups excluding carboxylic acids is 1. The van der Waals surface area contributed by atoms with Crippen molar-refractivity contribution < 1.29 is 22.7 Å². The molecule has 0 N–H and O–H groups in total. The van der Waals surface area contributed by atoms with E-state index in [0.29, 0.717) is 4.47 Å². The van der Waals surface area contributed by atoms with Gasteiger partial charge in [0.15, 0.2) is 0 Å². The van der Waals surface area contributed by atoms with Crippen LogP contribution < -0.4 is 4.90 Å². The van der Waals surface area contributed by atoms with Crippen molar-refractivity contribution in [2.45, 2.75) is 18.8 Å². The SMILES string of the molecule is COC(=O)c1cc(F)c(N2CCC(F)(F)CC2)cc1Br. The second-order valence-electron chi connectivity index (χ2n) is 4.62. The number of hydrogen-bond acceptors (Lipinski definition) is 3. The first kappa shape index (κ1) is 15.2. The highest BCUT2D eigenvalue weighted by molar-refractivity contribution is 9.10. The molecule has 20 heavy (non-hydrogen) atoms. The van der Waals surface area contributed by atoms with Gasteiger partial charge >= 0.3 is 5.97 Å². The van der Waals surface area contributed by atoms with E-state index < -0.39 is 17.7 Å². The maximum absolute atomic E-state index is 14.0. The number of esters is 1. The molecule has 0 aromatic heterocycles. The first-order valence-corrected chi connectivity index (χ1v) is 6.83. The molecule has 0 radical (unpaired) electrons. The number of nitrogens with zero attached hydrogens (tertiary/aromatic N) is 1. The van der Waals surface area contributed by atoms with Gasteiger partial charge in [0.05, 0.1) is 18.4 Å². The highest BCUT2D eigenvalue weighted by Gasteiger charge is 2.35. The standard InChI is InChI=1S/C13H13BrF3NO2/c1-20-12(19)8-6-10(15)11(7-9(8)14)18-4-2-13(16,17)3-5-18/h6-7H,2-5H2,1H3. The largest absolute Gasteiger partial charge is 0.465 e. The Bertz CT molecular complexity index is 527. The Balaban J connectivity index is 2.26. The number of rotatable bonds is 2. The molecule has 3 nitrogen and oxygen atoms in total. The minimum atomic E-state index is -2.68. The highest BCUT2D eigenvalue weighted by Crippen LogP contribution is 2.34. The number of methoxy groups -OCH3 is 1. The van der Waals surface area contributed by atoms with Crippen LogP contribution in [0.5, 0.6) is 0 Å². The van der Waals surface area contributed by atoms with Gasteiger partial charge in [-0.1, -0.05) is 0 Å². The fourth-order valence-corrected chi connectivity index (χ4v) is 2.61. The van der Waals surface area contributed by atoms with Crippen molar-refractivity contribution in [1.29, 1.82) is 0 Å². The number of alkyl halides is 2. The Morgan fingerprint density at radius 3 is 2.50 bits per heavy atom. The van der Waals surface area contributed by atoms with E-state index in [1.165, 1.54) is 13.2 Å². The van der Waals surface area contributed by atoms with Crippen molar-refractivity contribution in [3.8, 4) is 0 Å². The van der Waals surface area contributed by atoms with Gasteiger partial charge in [0.25, 0.3) is 5.92 Å². The molecule has 0 amide bonds. The molecule has 1 heterocycles. The minimum Gasteiger partial charge on any atom is -0.465 e. The number of piperidine rings is 1. The summed E-state index contributed by atoms with van der Waals surface area (Å²) in [7, 11) is 1.20. The Hall–Kier alpha value is -1.24. The Kier molecular flexibility index (Phi) is 4.27. The molecule has 0 bridgehead atoms. The van der Waals surface area contributed by atoms with E-state index >= 15 is 0 Å². The van der Waals surface area contributed by atoms with Gasteiger partial charge in [0.2, 0.25) is 0 Å². The summed E-state index contributed by atoms with van der Waals surface area (Å²) >= 11 is 3.17. The van der Waals surface area contributed by atoms with Crippen molar-refractivity contribution in [1.82, 2.24) is 0 Å². The molecule has 1 saturated heterocycles. The van der Waals surface area contributed by atoms with Crippen LogP contribution in [-0.4, -0.2) is 32.1 Å². The van der Waals surface area contributed by atoms with Gasteiger partial charge in [-0.2, -0.15) is 0 Å². The van der Waals surface area contributed by atoms with Crippen LogP contribution in [0.3, 0.4) is 0 Å². The molecule has 0 saturated carbocycles. The van der Waals surface area contributed by atoms with Crippen LogP contribution in [-0.2, 0) is 4.74 Å². The first-order chi connectivity index (χ1) is 9.34. The summed E-state index contributed by atoms with van der Waals surface area (Å²) in [5.41, 5.74) is 0.274. The fourth-order valence-electron chi connectivity index (χ4n) is 2.12. The van der Waals surface area contributed by atoms with E-state index in [0.717, 1.165) is 6.07 Å². The Labute approximate surface area is 122 Å². The number of anilines is 1. The van der Waals surface area contributed by atoms with Crippen LogP contribution in [0.2, 0.25) is 0 Å². The second kappa shape index (κ2) is 5.63. The van der Waals surface area contributed by atoms with Crippen LogP contribution in [0.25, 0.3) is 0 Å². The predicted octanol–water partition coefficient (Wildman–Crippen LogP) is 3.61. The zero-order valence-electron chi connectivity index (χ0n) is 10.8. The minimum absolute atomic E-state index is 0.0658. The number of benzene rings is 1. The lowest BCUT2D eigenvalue weighted by atomic mass is 10.1. The third-order valence-electron chi connectivity index (χ3n) is 3.28. The van der Waals surface area contributed by atoms with E-state index in [1.807, 2.05) is 0 Å². The topological polar surface area (TPSA) is 29.5 Å². The van der Waals surface area contributed by atoms with E-state index in [2.05, 4.69) is 20.7 Å². The average Bonchev–Trinajstić information content (AvgIpc) is 2.40. The second-order valence-corrected chi connectivity index (χ2v) is 5.47. The molecular formula is C13H13BrF3NO2. The van der Waals surface area contributed by atoms with Gasteiger partial charge in [-0.3, -0.25) is 0 Å². The molecule has 1 aromatic rings. The fraction of sp³-hybridized carbons (Fsp3) is 0.462. The summed E-state index contributed by atoms with van der Waals surface area (Å²) in [5.74, 6) is -3.97. The van der Waals surface area contributed by atoms with Crippen molar-refractivity contribution in [3.05, 3.63) is 28.0 Å². The lowest BCUT2D eigenvalue weighted by Crippen LogP contribution is -2.39. The highest BCUT2D eigenvalue weighted by atomic mass is 79.9. The molecule has 1 fully saturated rings. The molecule has 0 atom stereocenters. The predicted molar refractivity (Wildman–Crippen MR) is 71.8 cm³/mol. The van der Waals surface area contributed by atoms with Crippen LogP contribution >= 0.6 is 15.9 Å². The van der Waals surface area contributed by atoms with Crippen molar-refractivity contribution >= 4 is 27.6 Å². The lowest BCUT2D eigenvalue weighted by molar-refractivity contribution is -0.0221. The average molecular weight is 352 g/mol. The zero-order valence-corrected chi connectivity index (χ0v) is 12.3. The van der Waals surface area contributed by atoms with E-state index in [-0.39, 0.29) is 37.2 Å². The summed E-state index contributed by atoms with van der Waals surface area (Å²) in [5, 5.41) is 0. The summed E-state index contributed by atoms with van der Waals surface area (Å²) in [4.78, 5) is 13.0. The number of carbonyl (C=O) groups is 1. The quantitative estimate of drug-likeness (QED) is 0.762. The third kappa shape index (κ3) is 3.08. The summed E-state index contributed by atoms with van der Waals surface area (Å²) in [6.07, 6.45) is -0.606. The monoisotopic (exact) mass is 351 g/mol. The van der Waals surface area contributed by atoms with E-state index in [4.69, 9.17) is 0 Å². The normalized spacial score (nSPS) is 17.9. The molecule has 0 spiro atoms. The maximum atomic E-state index is 14.0. The summed E-state index contributed by atoms with van der Waals surface area (Å²) in [6, 6.07) is 2.48. The zero-order chi connectivity index (χ0) is 14.9. The summed E-state index contributed by atoms with van der Waals surface area (Å²) in [6.45, 7) is 0.155. The van der Waals surface area contributed by atoms with Gasteiger partial charge in [-0.05, 0) is 28.1 Å². The first-order valence-electron chi connectivity index (χ1n) is 6.04. The molecule has 1 aromatic carbocycles. The lowest BCUT2D eigenvalue weighted by Gasteiger charge is -2.33. The van der Waals surface area contributed by atoms with Gasteiger partial charge in [0, 0.05) is 30.4 Å². The van der Waals surface area contributed by atoms with Gasteiger partial charge in [0.1, 0.15) is 5.82 Å². The molecule has 1 aliphatic heterocycles. The molecule has 0 unspecified atom stereocenters. The van der Waals surface area contributed by atoms with Gasteiger partial charge < -0.3 is 9.64 Å². The molecule has 7 heteroatoms. The third-order valence-corrected chi connectivity index (χ3v) is 3.93. The Morgan fingerprint density at radius 1 is 1.35 bits per heavy atom. The Morgan fingerprint density at radius 2 is 1.95 bits per heavy atom. The van der Waals surface area contributed by atoms with Crippen LogP contribution in [0.1, 0.15) is 23.2 Å². The van der Waals surface area contributed by atoms with E-state index in [1.54, 1.807) is 4.90 Å². The van der Waals surface area contributed by atoms with Gasteiger partial charge in [-0.25, -0.2) is 18.0 Å². The molecule has 110 valence electrons. The van der Waals surface area contributed by atoms with Crippen LogP contribution in [0.4, 0.5) is 18.9 Å². The number of halogens is 4. The van der Waals surface area contributed by atoms with Crippen molar-refractivity contribution in [2.24, 2.45) is 0 Å². The maximum Gasteiger partial charge on any atom is 0.339 e. The molecule has 1 aliphatic rings.